The maximum Gasteiger partial charge on any atom is 0.236 e. The second kappa shape index (κ2) is 7.55. The Kier molecular flexibility index (Phi) is 5.74. The van der Waals surface area contributed by atoms with Crippen molar-refractivity contribution in [3.63, 3.8) is 0 Å². The van der Waals surface area contributed by atoms with Crippen molar-refractivity contribution < 1.29 is 9.18 Å². The van der Waals surface area contributed by atoms with Crippen molar-refractivity contribution in [1.82, 2.24) is 9.80 Å². The Labute approximate surface area is 126 Å². The lowest BCUT2D eigenvalue weighted by atomic mass is 10.0. The zero-order chi connectivity index (χ0) is 15.2. The third-order valence-electron chi connectivity index (χ3n) is 4.11. The molecule has 0 aromatic heterocycles. The van der Waals surface area contributed by atoms with E-state index in [0.29, 0.717) is 19.0 Å². The number of amides is 1. The van der Waals surface area contributed by atoms with Crippen LogP contribution in [0.1, 0.15) is 32.3 Å². The first-order valence-electron chi connectivity index (χ1n) is 7.83. The highest BCUT2D eigenvalue weighted by Crippen LogP contribution is 2.16. The lowest BCUT2D eigenvalue weighted by molar-refractivity contribution is -0.134. The third kappa shape index (κ3) is 4.81. The largest absolute Gasteiger partial charge is 0.341 e. The average molecular weight is 292 g/mol. The molecule has 1 aliphatic heterocycles. The van der Waals surface area contributed by atoms with Crippen LogP contribution in [0.2, 0.25) is 0 Å². The van der Waals surface area contributed by atoms with Crippen LogP contribution in [0.5, 0.6) is 0 Å². The molecule has 0 aliphatic carbocycles. The van der Waals surface area contributed by atoms with E-state index in [1.54, 1.807) is 6.07 Å². The van der Waals surface area contributed by atoms with Crippen molar-refractivity contribution in [2.75, 3.05) is 26.2 Å². The standard InChI is InChI=1S/C17H25FN2O/c1-3-19(12-15-7-4-8-16(18)10-15)13-17(21)20-9-5-6-14(2)11-20/h4,7-8,10,14H,3,5-6,9,11-13H2,1-2H3. The number of carbonyl (C=O) groups is 1. The average Bonchev–Trinajstić information content (AvgIpc) is 2.46. The fourth-order valence-electron chi connectivity index (χ4n) is 2.88. The molecule has 0 spiro atoms. The molecule has 1 aromatic rings. The highest BCUT2D eigenvalue weighted by molar-refractivity contribution is 5.78. The quantitative estimate of drug-likeness (QED) is 0.833. The van der Waals surface area contributed by atoms with Gasteiger partial charge in [-0.15, -0.1) is 0 Å². The van der Waals surface area contributed by atoms with E-state index in [1.807, 2.05) is 17.9 Å². The number of rotatable bonds is 5. The topological polar surface area (TPSA) is 23.6 Å². The summed E-state index contributed by atoms with van der Waals surface area (Å²) >= 11 is 0. The molecule has 0 saturated carbocycles. The summed E-state index contributed by atoms with van der Waals surface area (Å²) in [5.41, 5.74) is 0.914. The molecule has 2 rings (SSSR count). The van der Waals surface area contributed by atoms with Crippen LogP contribution < -0.4 is 0 Å². The minimum absolute atomic E-state index is 0.194. The summed E-state index contributed by atoms with van der Waals surface area (Å²) in [6.07, 6.45) is 2.31. The van der Waals surface area contributed by atoms with Crippen molar-refractivity contribution in [2.24, 2.45) is 5.92 Å². The molecule has 1 aromatic carbocycles. The van der Waals surface area contributed by atoms with Gasteiger partial charge in [-0.05, 0) is 43.0 Å². The fraction of sp³-hybridized carbons (Fsp3) is 0.588. The molecular weight excluding hydrogens is 267 g/mol. The number of hydrogen-bond donors (Lipinski definition) is 0. The van der Waals surface area contributed by atoms with Gasteiger partial charge in [0.1, 0.15) is 5.82 Å². The van der Waals surface area contributed by atoms with E-state index in [9.17, 15) is 9.18 Å². The van der Waals surface area contributed by atoms with E-state index in [1.165, 1.54) is 18.6 Å². The minimum Gasteiger partial charge on any atom is -0.341 e. The summed E-state index contributed by atoms with van der Waals surface area (Å²) in [7, 11) is 0. The Morgan fingerprint density at radius 2 is 2.29 bits per heavy atom. The predicted molar refractivity (Wildman–Crippen MR) is 82.3 cm³/mol. The first-order chi connectivity index (χ1) is 10.1. The molecule has 21 heavy (non-hydrogen) atoms. The molecule has 1 saturated heterocycles. The van der Waals surface area contributed by atoms with Gasteiger partial charge in [-0.1, -0.05) is 26.0 Å². The van der Waals surface area contributed by atoms with Gasteiger partial charge < -0.3 is 4.90 Å². The number of benzene rings is 1. The lowest BCUT2D eigenvalue weighted by Gasteiger charge is -2.32. The van der Waals surface area contributed by atoms with Crippen molar-refractivity contribution in [1.29, 1.82) is 0 Å². The molecule has 1 amide bonds. The van der Waals surface area contributed by atoms with E-state index in [4.69, 9.17) is 0 Å². The number of likely N-dealkylation sites (tertiary alicyclic amines) is 1. The molecule has 1 aliphatic rings. The number of piperidine rings is 1. The lowest BCUT2D eigenvalue weighted by Crippen LogP contribution is -2.44. The summed E-state index contributed by atoms with van der Waals surface area (Å²) < 4.78 is 13.2. The van der Waals surface area contributed by atoms with E-state index >= 15 is 0 Å². The summed E-state index contributed by atoms with van der Waals surface area (Å²) in [6, 6.07) is 6.60. The molecule has 0 bridgehead atoms. The Bertz CT molecular complexity index is 478. The van der Waals surface area contributed by atoms with Crippen molar-refractivity contribution in [3.8, 4) is 0 Å². The van der Waals surface area contributed by atoms with Crippen molar-refractivity contribution >= 4 is 5.91 Å². The normalized spacial score (nSPS) is 19.0. The monoisotopic (exact) mass is 292 g/mol. The van der Waals surface area contributed by atoms with Crippen LogP contribution in [0.3, 0.4) is 0 Å². The van der Waals surface area contributed by atoms with Gasteiger partial charge in [0.15, 0.2) is 0 Å². The van der Waals surface area contributed by atoms with E-state index in [0.717, 1.165) is 31.6 Å². The van der Waals surface area contributed by atoms with Crippen molar-refractivity contribution in [3.05, 3.63) is 35.6 Å². The van der Waals surface area contributed by atoms with Crippen LogP contribution in [-0.4, -0.2) is 41.9 Å². The zero-order valence-electron chi connectivity index (χ0n) is 13.0. The number of nitrogens with zero attached hydrogens (tertiary/aromatic N) is 2. The molecule has 3 nitrogen and oxygen atoms in total. The van der Waals surface area contributed by atoms with Crippen LogP contribution in [0.15, 0.2) is 24.3 Å². The molecule has 4 heteroatoms. The number of hydrogen-bond acceptors (Lipinski definition) is 2. The van der Waals surface area contributed by atoms with Gasteiger partial charge in [-0.3, -0.25) is 9.69 Å². The van der Waals surface area contributed by atoms with Gasteiger partial charge >= 0.3 is 0 Å². The van der Waals surface area contributed by atoms with Crippen LogP contribution in [0.4, 0.5) is 4.39 Å². The van der Waals surface area contributed by atoms with E-state index in [2.05, 4.69) is 11.8 Å². The Morgan fingerprint density at radius 3 is 2.95 bits per heavy atom. The molecule has 0 N–H and O–H groups in total. The zero-order valence-corrected chi connectivity index (χ0v) is 13.0. The van der Waals surface area contributed by atoms with Crippen LogP contribution in [0, 0.1) is 11.7 Å². The summed E-state index contributed by atoms with van der Waals surface area (Å²) in [4.78, 5) is 16.4. The second-order valence-corrected chi connectivity index (χ2v) is 6.02. The highest BCUT2D eigenvalue weighted by atomic mass is 19.1. The SMILES string of the molecule is CCN(CC(=O)N1CCCC(C)C1)Cc1cccc(F)c1. The number of carbonyl (C=O) groups excluding carboxylic acids is 1. The summed E-state index contributed by atoms with van der Waals surface area (Å²) in [5, 5.41) is 0. The van der Waals surface area contributed by atoms with Gasteiger partial charge in [0.05, 0.1) is 6.54 Å². The Morgan fingerprint density at radius 1 is 1.48 bits per heavy atom. The summed E-state index contributed by atoms with van der Waals surface area (Å²) in [6.45, 7) is 7.79. The fourth-order valence-corrected chi connectivity index (χ4v) is 2.88. The van der Waals surface area contributed by atoms with E-state index < -0.39 is 0 Å². The predicted octanol–water partition coefficient (Wildman–Crippen LogP) is 2.91. The maximum atomic E-state index is 13.2. The molecule has 1 heterocycles. The molecule has 1 fully saturated rings. The van der Waals surface area contributed by atoms with Crippen LogP contribution >= 0.6 is 0 Å². The summed E-state index contributed by atoms with van der Waals surface area (Å²) in [5.74, 6) is 0.570. The highest BCUT2D eigenvalue weighted by Gasteiger charge is 2.22. The van der Waals surface area contributed by atoms with Gasteiger partial charge in [0, 0.05) is 19.6 Å². The molecular formula is C17H25FN2O. The van der Waals surface area contributed by atoms with Crippen LogP contribution in [-0.2, 0) is 11.3 Å². The molecule has 0 radical (unpaired) electrons. The third-order valence-corrected chi connectivity index (χ3v) is 4.11. The number of likely N-dealkylation sites (N-methyl/N-ethyl adjacent to an activating group) is 1. The Balaban J connectivity index is 1.90. The smallest absolute Gasteiger partial charge is 0.236 e. The van der Waals surface area contributed by atoms with E-state index in [-0.39, 0.29) is 11.7 Å². The van der Waals surface area contributed by atoms with Gasteiger partial charge in [-0.25, -0.2) is 4.39 Å². The second-order valence-electron chi connectivity index (χ2n) is 6.02. The minimum atomic E-state index is -0.222. The molecule has 116 valence electrons. The molecule has 1 atom stereocenters. The number of halogens is 1. The van der Waals surface area contributed by atoms with Gasteiger partial charge in [-0.2, -0.15) is 0 Å². The van der Waals surface area contributed by atoms with Gasteiger partial charge in [0.2, 0.25) is 5.91 Å². The van der Waals surface area contributed by atoms with Crippen LogP contribution in [0.25, 0.3) is 0 Å². The molecule has 1 unspecified atom stereocenters. The Hall–Kier alpha value is -1.42. The van der Waals surface area contributed by atoms with Gasteiger partial charge in [0.25, 0.3) is 0 Å². The maximum absolute atomic E-state index is 13.2. The first kappa shape index (κ1) is 16.0. The first-order valence-corrected chi connectivity index (χ1v) is 7.83. The van der Waals surface area contributed by atoms with Crippen molar-refractivity contribution in [2.45, 2.75) is 33.2 Å².